The topological polar surface area (TPSA) is 43.1 Å². The third-order valence-electron chi connectivity index (χ3n) is 3.26. The highest BCUT2D eigenvalue weighted by atomic mass is 32.1. The maximum Gasteiger partial charge on any atom is 0.453 e. The molecule has 0 unspecified atom stereocenters. The number of nitrogens with zero attached hydrogens (tertiary/aromatic N) is 4. The highest BCUT2D eigenvalue weighted by molar-refractivity contribution is 7.19. The van der Waals surface area contributed by atoms with Crippen molar-refractivity contribution in [1.29, 1.82) is 0 Å². The molecule has 0 bridgehead atoms. The second kappa shape index (κ2) is 4.51. The molecule has 2 aromatic heterocycles. The van der Waals surface area contributed by atoms with Gasteiger partial charge in [0.05, 0.1) is 0 Å². The Labute approximate surface area is 125 Å². The van der Waals surface area contributed by atoms with Crippen LogP contribution in [0.4, 0.5) is 13.2 Å². The van der Waals surface area contributed by atoms with Crippen LogP contribution < -0.4 is 0 Å². The lowest BCUT2D eigenvalue weighted by Gasteiger charge is -2.03. The molecular formula is C14H7F3N4S. The summed E-state index contributed by atoms with van der Waals surface area (Å²) in [6.45, 7) is 0. The summed E-state index contributed by atoms with van der Waals surface area (Å²) >= 11 is 1.08. The van der Waals surface area contributed by atoms with Gasteiger partial charge in [0.15, 0.2) is 0 Å². The smallest absolute Gasteiger partial charge is 0.178 e. The molecule has 0 saturated heterocycles. The van der Waals surface area contributed by atoms with Gasteiger partial charge in [0.1, 0.15) is 5.01 Å². The SMILES string of the molecule is FC(F)(F)c1nnc2sc(-c3cccc4ccccc34)nn12. The van der Waals surface area contributed by atoms with Crippen molar-refractivity contribution in [2.45, 2.75) is 6.18 Å². The Morgan fingerprint density at radius 3 is 2.55 bits per heavy atom. The van der Waals surface area contributed by atoms with Crippen LogP contribution in [0.1, 0.15) is 5.82 Å². The molecule has 0 saturated carbocycles. The van der Waals surface area contributed by atoms with Crippen LogP contribution in [0.2, 0.25) is 0 Å². The summed E-state index contributed by atoms with van der Waals surface area (Å²) in [7, 11) is 0. The Morgan fingerprint density at radius 2 is 1.73 bits per heavy atom. The molecule has 2 heterocycles. The van der Waals surface area contributed by atoms with Crippen LogP contribution in [0.25, 0.3) is 26.3 Å². The molecule has 0 aliphatic heterocycles. The Bertz CT molecular complexity index is 981. The molecule has 2 aromatic carbocycles. The van der Waals surface area contributed by atoms with E-state index in [0.717, 1.165) is 32.2 Å². The zero-order valence-electron chi connectivity index (χ0n) is 10.9. The van der Waals surface area contributed by atoms with E-state index in [1.807, 2.05) is 42.5 Å². The van der Waals surface area contributed by atoms with Gasteiger partial charge < -0.3 is 0 Å². The van der Waals surface area contributed by atoms with Crippen LogP contribution in [-0.4, -0.2) is 19.8 Å². The molecule has 4 rings (SSSR count). The lowest BCUT2D eigenvalue weighted by atomic mass is 10.1. The van der Waals surface area contributed by atoms with Crippen molar-refractivity contribution < 1.29 is 13.2 Å². The van der Waals surface area contributed by atoms with E-state index < -0.39 is 12.0 Å². The fourth-order valence-corrected chi connectivity index (χ4v) is 3.19. The zero-order chi connectivity index (χ0) is 15.3. The van der Waals surface area contributed by atoms with Crippen molar-refractivity contribution in [2.75, 3.05) is 0 Å². The normalized spacial score (nSPS) is 12.3. The van der Waals surface area contributed by atoms with Gasteiger partial charge in [-0.2, -0.15) is 22.8 Å². The van der Waals surface area contributed by atoms with Gasteiger partial charge >= 0.3 is 6.18 Å². The number of rotatable bonds is 1. The van der Waals surface area contributed by atoms with Crippen molar-refractivity contribution >= 4 is 27.1 Å². The molecule has 4 nitrogen and oxygen atoms in total. The largest absolute Gasteiger partial charge is 0.453 e. The summed E-state index contributed by atoms with van der Waals surface area (Å²) in [6.07, 6.45) is -4.58. The molecule has 8 heteroatoms. The van der Waals surface area contributed by atoms with Gasteiger partial charge in [0, 0.05) is 5.56 Å². The first-order valence-corrected chi connectivity index (χ1v) is 7.13. The molecule has 0 radical (unpaired) electrons. The van der Waals surface area contributed by atoms with E-state index in [1.54, 1.807) is 0 Å². The zero-order valence-corrected chi connectivity index (χ0v) is 11.7. The highest BCUT2D eigenvalue weighted by Crippen LogP contribution is 2.34. The minimum absolute atomic E-state index is 0.121. The van der Waals surface area contributed by atoms with E-state index in [1.165, 1.54) is 0 Å². The van der Waals surface area contributed by atoms with E-state index >= 15 is 0 Å². The van der Waals surface area contributed by atoms with Crippen molar-refractivity contribution in [3.8, 4) is 10.6 Å². The highest BCUT2D eigenvalue weighted by Gasteiger charge is 2.38. The summed E-state index contributed by atoms with van der Waals surface area (Å²) in [6, 6.07) is 13.3. The number of fused-ring (bicyclic) bond motifs is 2. The molecule has 4 aromatic rings. The number of aromatic nitrogens is 4. The van der Waals surface area contributed by atoms with E-state index in [2.05, 4.69) is 15.3 Å². The summed E-state index contributed by atoms with van der Waals surface area (Å²) < 4.78 is 39.3. The molecule has 0 spiro atoms. The number of alkyl halides is 3. The van der Waals surface area contributed by atoms with Gasteiger partial charge in [-0.3, -0.25) is 0 Å². The number of halogens is 3. The minimum atomic E-state index is -4.58. The maximum absolute atomic E-state index is 12.9. The average Bonchev–Trinajstić information content (AvgIpc) is 3.05. The molecule has 22 heavy (non-hydrogen) atoms. The van der Waals surface area contributed by atoms with E-state index in [4.69, 9.17) is 0 Å². The standard InChI is InChI=1S/C14H7F3N4S/c15-14(16,17)12-18-19-13-21(12)20-11(22-13)10-7-3-5-8-4-1-2-6-9(8)10/h1-7H. The third-order valence-corrected chi connectivity index (χ3v) is 4.20. The maximum atomic E-state index is 12.9. The molecule has 0 atom stereocenters. The summed E-state index contributed by atoms with van der Waals surface area (Å²) in [5.41, 5.74) is 0.779. The van der Waals surface area contributed by atoms with Gasteiger partial charge in [0.2, 0.25) is 4.96 Å². The molecule has 110 valence electrons. The lowest BCUT2D eigenvalue weighted by molar-refractivity contribution is -0.146. The van der Waals surface area contributed by atoms with Crippen molar-refractivity contribution in [2.24, 2.45) is 0 Å². The Hall–Kier alpha value is -2.48. The first-order valence-electron chi connectivity index (χ1n) is 6.31. The third kappa shape index (κ3) is 1.95. The lowest BCUT2D eigenvalue weighted by Crippen LogP contribution is -2.11. The van der Waals surface area contributed by atoms with Crippen molar-refractivity contribution in [3.05, 3.63) is 48.3 Å². The monoisotopic (exact) mass is 320 g/mol. The second-order valence-electron chi connectivity index (χ2n) is 4.65. The Kier molecular flexibility index (Phi) is 2.70. The van der Waals surface area contributed by atoms with Crippen LogP contribution in [0.5, 0.6) is 0 Å². The van der Waals surface area contributed by atoms with E-state index in [-0.39, 0.29) is 4.96 Å². The van der Waals surface area contributed by atoms with Gasteiger partial charge in [-0.05, 0) is 10.8 Å². The Balaban J connectivity index is 1.96. The molecular weight excluding hydrogens is 313 g/mol. The summed E-state index contributed by atoms with van der Waals surface area (Å²) in [5.74, 6) is -1.11. The number of benzene rings is 2. The molecule has 0 aliphatic carbocycles. The molecule has 0 amide bonds. The summed E-state index contributed by atoms with van der Waals surface area (Å²) in [4.78, 5) is 0.121. The van der Waals surface area contributed by atoms with Gasteiger partial charge in [-0.15, -0.1) is 10.2 Å². The number of hydrogen-bond acceptors (Lipinski definition) is 4. The minimum Gasteiger partial charge on any atom is -0.178 e. The van der Waals surface area contributed by atoms with Crippen molar-refractivity contribution in [3.63, 3.8) is 0 Å². The summed E-state index contributed by atoms with van der Waals surface area (Å²) in [5, 5.41) is 13.2. The van der Waals surface area contributed by atoms with Crippen LogP contribution in [0.3, 0.4) is 0 Å². The quantitative estimate of drug-likeness (QED) is 0.532. The first-order chi connectivity index (χ1) is 10.5. The predicted molar refractivity (Wildman–Crippen MR) is 76.6 cm³/mol. The van der Waals surface area contributed by atoms with Crippen LogP contribution in [0.15, 0.2) is 42.5 Å². The van der Waals surface area contributed by atoms with Gasteiger partial charge in [-0.1, -0.05) is 53.8 Å². The molecule has 0 fully saturated rings. The first kappa shape index (κ1) is 13.2. The van der Waals surface area contributed by atoms with E-state index in [0.29, 0.717) is 5.01 Å². The fraction of sp³-hybridized carbons (Fsp3) is 0.0714. The molecule has 0 N–H and O–H groups in total. The van der Waals surface area contributed by atoms with Gasteiger partial charge in [0.25, 0.3) is 5.82 Å². The number of hydrogen-bond donors (Lipinski definition) is 0. The average molecular weight is 320 g/mol. The molecule has 0 aliphatic rings. The van der Waals surface area contributed by atoms with Gasteiger partial charge in [-0.25, -0.2) is 0 Å². The Morgan fingerprint density at radius 1 is 0.955 bits per heavy atom. The van der Waals surface area contributed by atoms with Crippen LogP contribution in [-0.2, 0) is 6.18 Å². The van der Waals surface area contributed by atoms with Crippen LogP contribution >= 0.6 is 11.3 Å². The van der Waals surface area contributed by atoms with Crippen LogP contribution in [0, 0.1) is 0 Å². The van der Waals surface area contributed by atoms with E-state index in [9.17, 15) is 13.2 Å². The van der Waals surface area contributed by atoms with Crippen molar-refractivity contribution in [1.82, 2.24) is 19.8 Å². The second-order valence-corrected chi connectivity index (χ2v) is 5.61. The predicted octanol–water partition coefficient (Wildman–Crippen LogP) is 4.02. The fourth-order valence-electron chi connectivity index (χ4n) is 2.31.